The van der Waals surface area contributed by atoms with Crippen LogP contribution in [0.3, 0.4) is 0 Å². The van der Waals surface area contributed by atoms with Crippen molar-refractivity contribution in [1.29, 1.82) is 0 Å². The number of nitrogens with zero attached hydrogens (tertiary/aromatic N) is 2. The molecule has 0 radical (unpaired) electrons. The number of aliphatic hydroxyl groups is 2. The molecule has 2 aromatic rings. The maximum atomic E-state index is 13.2. The van der Waals surface area contributed by atoms with Crippen LogP contribution in [0.2, 0.25) is 0 Å². The quantitative estimate of drug-likeness (QED) is 0.333. The van der Waals surface area contributed by atoms with Gasteiger partial charge in [-0.1, -0.05) is 36.4 Å². The van der Waals surface area contributed by atoms with E-state index < -0.39 is 34.7 Å². The van der Waals surface area contributed by atoms with E-state index in [1.54, 1.807) is 19.2 Å². The fourth-order valence-corrected chi connectivity index (χ4v) is 6.27. The number of β-amino-alcohol motifs (C(OH)–C–C–N with tert-alkyl or cyclic N) is 2. The summed E-state index contributed by atoms with van der Waals surface area (Å²) in [4.78, 5) is 14.5. The summed E-state index contributed by atoms with van der Waals surface area (Å²) < 4.78 is 33.1. The third-order valence-corrected chi connectivity index (χ3v) is 8.54. The second-order valence-electron chi connectivity index (χ2n) is 9.23. The van der Waals surface area contributed by atoms with Gasteiger partial charge in [0.1, 0.15) is 10.6 Å². The molecule has 1 fully saturated rings. The molecular weight excluding hydrogens is 484 g/mol. The number of hydrogen-bond donors (Lipinski definition) is 4. The van der Waals surface area contributed by atoms with Crippen molar-refractivity contribution in [2.75, 3.05) is 46.4 Å². The number of fused-ring (bicyclic) bond motifs is 1. The summed E-state index contributed by atoms with van der Waals surface area (Å²) >= 11 is 0. The maximum Gasteiger partial charge on any atom is 0.258 e. The summed E-state index contributed by atoms with van der Waals surface area (Å²) in [6.07, 6.45) is -0.624. The van der Waals surface area contributed by atoms with Crippen molar-refractivity contribution in [3.8, 4) is 5.75 Å². The van der Waals surface area contributed by atoms with Gasteiger partial charge < -0.3 is 25.6 Å². The van der Waals surface area contributed by atoms with Crippen molar-refractivity contribution in [3.63, 3.8) is 0 Å². The summed E-state index contributed by atoms with van der Waals surface area (Å²) in [6.45, 7) is 1.83. The number of likely N-dealkylation sites (N-methyl/N-ethyl adjacent to an activating group) is 1. The topological polar surface area (TPSA) is 131 Å². The molecule has 2 aliphatic heterocycles. The van der Waals surface area contributed by atoms with Crippen LogP contribution in [-0.4, -0.2) is 98.4 Å². The number of para-hydroxylation sites is 1. The minimum absolute atomic E-state index is 0.0247. The number of carbonyl (C=O) groups is 1. The van der Waals surface area contributed by atoms with Gasteiger partial charge in [-0.05, 0) is 36.7 Å². The van der Waals surface area contributed by atoms with Crippen LogP contribution in [-0.2, 0) is 27.8 Å². The second-order valence-corrected chi connectivity index (χ2v) is 11.1. The molecule has 196 valence electrons. The van der Waals surface area contributed by atoms with E-state index in [0.29, 0.717) is 6.54 Å². The van der Waals surface area contributed by atoms with E-state index in [1.165, 1.54) is 27.6 Å². The largest absolute Gasteiger partial charge is 0.482 e. The molecule has 1 amide bonds. The Labute approximate surface area is 211 Å². The van der Waals surface area contributed by atoms with Crippen LogP contribution >= 0.6 is 0 Å². The first kappa shape index (κ1) is 26.5. The normalized spacial score (nSPS) is 21.6. The SMILES string of the molecule is CNC1CN(S(=O)(=O)c2ccccc2OCC(=O)NCC(O)CN2CCc3ccccc3C2)CC1O. The predicted molar refractivity (Wildman–Crippen MR) is 134 cm³/mol. The molecule has 2 aromatic carbocycles. The number of nitrogens with one attached hydrogen (secondary N) is 2. The Morgan fingerprint density at radius 1 is 1.14 bits per heavy atom. The first-order valence-electron chi connectivity index (χ1n) is 12.1. The van der Waals surface area contributed by atoms with Crippen LogP contribution in [0, 0.1) is 0 Å². The molecule has 10 nitrogen and oxygen atoms in total. The third kappa shape index (κ3) is 6.23. The van der Waals surface area contributed by atoms with E-state index in [1.807, 2.05) is 12.1 Å². The number of sulfonamides is 1. The zero-order chi connectivity index (χ0) is 25.7. The van der Waals surface area contributed by atoms with Crippen molar-refractivity contribution in [2.24, 2.45) is 0 Å². The molecule has 2 aliphatic rings. The Kier molecular flexibility index (Phi) is 8.60. The van der Waals surface area contributed by atoms with E-state index in [2.05, 4.69) is 27.7 Å². The molecule has 4 rings (SSSR count). The average Bonchev–Trinajstić information content (AvgIpc) is 3.27. The molecule has 2 heterocycles. The number of carbonyl (C=O) groups excluding carboxylic acids is 1. The Morgan fingerprint density at radius 3 is 2.61 bits per heavy atom. The van der Waals surface area contributed by atoms with Crippen LogP contribution < -0.4 is 15.4 Å². The zero-order valence-corrected chi connectivity index (χ0v) is 21.2. The van der Waals surface area contributed by atoms with Gasteiger partial charge in [-0.2, -0.15) is 4.31 Å². The number of amides is 1. The second kappa shape index (κ2) is 11.7. The van der Waals surface area contributed by atoms with Crippen molar-refractivity contribution in [2.45, 2.75) is 36.1 Å². The third-order valence-electron chi connectivity index (χ3n) is 6.67. The minimum atomic E-state index is -3.93. The Balaban J connectivity index is 1.27. The lowest BCUT2D eigenvalue weighted by Gasteiger charge is -2.30. The average molecular weight is 519 g/mol. The smallest absolute Gasteiger partial charge is 0.258 e. The number of rotatable bonds is 10. The van der Waals surface area contributed by atoms with Crippen LogP contribution in [0.5, 0.6) is 5.75 Å². The molecule has 11 heteroatoms. The molecule has 0 saturated carbocycles. The van der Waals surface area contributed by atoms with E-state index in [4.69, 9.17) is 4.74 Å². The minimum Gasteiger partial charge on any atom is -0.482 e. The van der Waals surface area contributed by atoms with Gasteiger partial charge in [-0.15, -0.1) is 0 Å². The Hall–Kier alpha value is -2.54. The van der Waals surface area contributed by atoms with E-state index >= 15 is 0 Å². The van der Waals surface area contributed by atoms with Crippen LogP contribution in [0.15, 0.2) is 53.4 Å². The van der Waals surface area contributed by atoms with Gasteiger partial charge in [0, 0.05) is 45.3 Å². The molecule has 36 heavy (non-hydrogen) atoms. The lowest BCUT2D eigenvalue weighted by atomic mass is 10.00. The number of hydrogen-bond acceptors (Lipinski definition) is 8. The Morgan fingerprint density at radius 2 is 1.86 bits per heavy atom. The van der Waals surface area contributed by atoms with Crippen LogP contribution in [0.25, 0.3) is 0 Å². The fourth-order valence-electron chi connectivity index (χ4n) is 4.65. The molecule has 3 unspecified atom stereocenters. The summed E-state index contributed by atoms with van der Waals surface area (Å²) in [5, 5.41) is 26.1. The molecule has 1 saturated heterocycles. The van der Waals surface area contributed by atoms with Crippen LogP contribution in [0.1, 0.15) is 11.1 Å². The van der Waals surface area contributed by atoms with Gasteiger partial charge >= 0.3 is 0 Å². The summed E-state index contributed by atoms with van der Waals surface area (Å²) in [5.41, 5.74) is 2.59. The van der Waals surface area contributed by atoms with E-state index in [9.17, 15) is 23.4 Å². The van der Waals surface area contributed by atoms with Crippen LogP contribution in [0.4, 0.5) is 0 Å². The van der Waals surface area contributed by atoms with Gasteiger partial charge in [-0.3, -0.25) is 9.69 Å². The van der Waals surface area contributed by atoms with E-state index in [0.717, 1.165) is 19.5 Å². The molecule has 4 N–H and O–H groups in total. The monoisotopic (exact) mass is 518 g/mol. The fraction of sp³-hybridized carbons (Fsp3) is 0.480. The highest BCUT2D eigenvalue weighted by Crippen LogP contribution is 2.29. The zero-order valence-electron chi connectivity index (χ0n) is 20.3. The van der Waals surface area contributed by atoms with Gasteiger partial charge in [0.2, 0.25) is 10.0 Å². The van der Waals surface area contributed by atoms with Gasteiger partial charge in [0.15, 0.2) is 6.61 Å². The van der Waals surface area contributed by atoms with Crippen molar-refractivity contribution < 1.29 is 28.2 Å². The molecule has 0 bridgehead atoms. The lowest BCUT2D eigenvalue weighted by molar-refractivity contribution is -0.123. The molecule has 0 spiro atoms. The van der Waals surface area contributed by atoms with E-state index in [-0.39, 0.29) is 36.3 Å². The van der Waals surface area contributed by atoms with Gasteiger partial charge in [0.25, 0.3) is 5.91 Å². The number of ether oxygens (including phenoxy) is 1. The highest BCUT2D eigenvalue weighted by atomic mass is 32.2. The highest BCUT2D eigenvalue weighted by Gasteiger charge is 2.39. The van der Waals surface area contributed by atoms with Crippen molar-refractivity contribution in [3.05, 3.63) is 59.7 Å². The first-order valence-corrected chi connectivity index (χ1v) is 13.5. The summed E-state index contributed by atoms with van der Waals surface area (Å²) in [5.74, 6) is -0.403. The Bertz CT molecular complexity index is 1160. The standard InChI is InChI=1S/C25H34N4O6S/c1-26-21-15-29(16-22(21)31)36(33,34)24-9-5-4-8-23(24)35-17-25(32)27-12-20(30)14-28-11-10-18-6-2-3-7-19(18)13-28/h2-9,20-22,26,30-31H,10-17H2,1H3,(H,27,32). The molecule has 0 aliphatic carbocycles. The predicted octanol–water partition coefficient (Wildman–Crippen LogP) is -0.446. The van der Waals surface area contributed by atoms with Gasteiger partial charge in [-0.25, -0.2) is 8.42 Å². The molecular formula is C25H34N4O6S. The molecule has 0 aromatic heterocycles. The highest BCUT2D eigenvalue weighted by molar-refractivity contribution is 7.89. The summed E-state index contributed by atoms with van der Waals surface area (Å²) in [6, 6.07) is 14.0. The number of aliphatic hydroxyl groups excluding tert-OH is 2. The first-order chi connectivity index (χ1) is 17.3. The number of benzene rings is 2. The summed E-state index contributed by atoms with van der Waals surface area (Å²) in [7, 11) is -2.26. The van der Waals surface area contributed by atoms with Crippen molar-refractivity contribution >= 4 is 15.9 Å². The van der Waals surface area contributed by atoms with Crippen molar-refractivity contribution in [1.82, 2.24) is 19.8 Å². The maximum absolute atomic E-state index is 13.2. The van der Waals surface area contributed by atoms with Gasteiger partial charge in [0.05, 0.1) is 12.2 Å². The molecule has 3 atom stereocenters. The lowest BCUT2D eigenvalue weighted by Crippen LogP contribution is -2.43.